The first kappa shape index (κ1) is 20.5. The Morgan fingerprint density at radius 1 is 1.23 bits per heavy atom. The maximum Gasteiger partial charge on any atom is 0.293 e. The second kappa shape index (κ2) is 8.68. The van der Waals surface area contributed by atoms with Gasteiger partial charge in [-0.15, -0.1) is 12.4 Å². The molecule has 2 heterocycles. The number of carbonyl (C=O) groups excluding carboxylic acids is 1. The Hall–Kier alpha value is -1.86. The van der Waals surface area contributed by atoms with Crippen molar-refractivity contribution in [3.8, 4) is 0 Å². The lowest BCUT2D eigenvalue weighted by atomic mass is 9.90. The van der Waals surface area contributed by atoms with Crippen molar-refractivity contribution in [3.05, 3.63) is 33.9 Å². The monoisotopic (exact) mass is 382 g/mol. The van der Waals surface area contributed by atoms with Crippen molar-refractivity contribution in [1.29, 1.82) is 0 Å². The molecule has 2 N–H and O–H groups in total. The topological polar surface area (TPSA) is 92.7 Å². The van der Waals surface area contributed by atoms with Crippen LogP contribution in [0.5, 0.6) is 0 Å². The SMILES string of the molecule is CC(N)C1CCN(C(=O)c2ccc(N3CCCC3)c([N+](=O)[O-])c2)CC1.Cl. The van der Waals surface area contributed by atoms with E-state index in [2.05, 4.69) is 0 Å². The van der Waals surface area contributed by atoms with Gasteiger partial charge in [-0.1, -0.05) is 0 Å². The van der Waals surface area contributed by atoms with Crippen LogP contribution in [0.2, 0.25) is 0 Å². The van der Waals surface area contributed by atoms with Gasteiger partial charge in [0.25, 0.3) is 11.6 Å². The highest BCUT2D eigenvalue weighted by Crippen LogP contribution is 2.32. The van der Waals surface area contributed by atoms with Gasteiger partial charge in [-0.05, 0) is 50.7 Å². The van der Waals surface area contributed by atoms with E-state index in [0.717, 1.165) is 38.8 Å². The highest BCUT2D eigenvalue weighted by molar-refractivity contribution is 5.96. The number of nitro groups is 1. The van der Waals surface area contributed by atoms with Gasteiger partial charge in [-0.25, -0.2) is 0 Å². The molecule has 0 spiro atoms. The van der Waals surface area contributed by atoms with Gasteiger partial charge < -0.3 is 15.5 Å². The Morgan fingerprint density at radius 2 is 1.85 bits per heavy atom. The summed E-state index contributed by atoms with van der Waals surface area (Å²) in [4.78, 5) is 27.7. The highest BCUT2D eigenvalue weighted by atomic mass is 35.5. The molecule has 1 aromatic rings. The zero-order valence-corrected chi connectivity index (χ0v) is 15.9. The van der Waals surface area contributed by atoms with E-state index in [9.17, 15) is 14.9 Å². The third kappa shape index (κ3) is 4.27. The summed E-state index contributed by atoms with van der Waals surface area (Å²) >= 11 is 0. The van der Waals surface area contributed by atoms with Crippen molar-refractivity contribution in [2.24, 2.45) is 11.7 Å². The maximum atomic E-state index is 12.7. The lowest BCUT2D eigenvalue weighted by Crippen LogP contribution is -2.42. The first-order valence-electron chi connectivity index (χ1n) is 9.05. The molecule has 0 bridgehead atoms. The molecule has 1 unspecified atom stereocenters. The summed E-state index contributed by atoms with van der Waals surface area (Å²) in [5, 5.41) is 11.5. The molecule has 0 radical (unpaired) electrons. The molecular weight excluding hydrogens is 356 g/mol. The number of likely N-dealkylation sites (tertiary alicyclic amines) is 1. The minimum absolute atomic E-state index is 0. The summed E-state index contributed by atoms with van der Waals surface area (Å²) in [5.74, 6) is 0.315. The number of carbonyl (C=O) groups is 1. The summed E-state index contributed by atoms with van der Waals surface area (Å²) < 4.78 is 0. The van der Waals surface area contributed by atoms with Gasteiger partial charge in [0.15, 0.2) is 0 Å². The number of nitrogens with two attached hydrogens (primary N) is 1. The molecule has 2 aliphatic rings. The Kier molecular flexibility index (Phi) is 6.83. The van der Waals surface area contributed by atoms with Crippen LogP contribution in [-0.4, -0.2) is 48.0 Å². The quantitative estimate of drug-likeness (QED) is 0.638. The van der Waals surface area contributed by atoms with Crippen molar-refractivity contribution >= 4 is 29.7 Å². The molecule has 8 heteroatoms. The van der Waals surface area contributed by atoms with E-state index in [1.54, 1.807) is 17.0 Å². The Labute approximate surface area is 160 Å². The van der Waals surface area contributed by atoms with Crippen molar-refractivity contribution < 1.29 is 9.72 Å². The zero-order chi connectivity index (χ0) is 18.0. The van der Waals surface area contributed by atoms with E-state index in [1.165, 1.54) is 6.07 Å². The first-order valence-corrected chi connectivity index (χ1v) is 9.05. The van der Waals surface area contributed by atoms with Gasteiger partial charge in [0.2, 0.25) is 0 Å². The Balaban J connectivity index is 0.00000243. The molecule has 0 aromatic heterocycles. The molecule has 3 rings (SSSR count). The van der Waals surface area contributed by atoms with Gasteiger partial charge in [0, 0.05) is 43.9 Å². The number of nitro benzene ring substituents is 1. The maximum absolute atomic E-state index is 12.7. The second-order valence-corrected chi connectivity index (χ2v) is 7.14. The average molecular weight is 383 g/mol. The predicted molar refractivity (Wildman–Crippen MR) is 104 cm³/mol. The zero-order valence-electron chi connectivity index (χ0n) is 15.1. The van der Waals surface area contributed by atoms with Crippen LogP contribution >= 0.6 is 12.4 Å². The van der Waals surface area contributed by atoms with Crippen molar-refractivity contribution in [2.75, 3.05) is 31.1 Å². The lowest BCUT2D eigenvalue weighted by Gasteiger charge is -2.33. The van der Waals surface area contributed by atoms with E-state index in [4.69, 9.17) is 5.73 Å². The van der Waals surface area contributed by atoms with E-state index in [1.807, 2.05) is 11.8 Å². The van der Waals surface area contributed by atoms with Crippen molar-refractivity contribution in [3.63, 3.8) is 0 Å². The highest BCUT2D eigenvalue weighted by Gasteiger charge is 2.28. The van der Waals surface area contributed by atoms with Crippen LogP contribution in [0.25, 0.3) is 0 Å². The standard InChI is InChI=1S/C18H26N4O3.ClH/c1-13(19)14-6-10-21(11-7-14)18(23)15-4-5-16(17(12-15)22(24)25)20-8-2-3-9-20;/h4-5,12-14H,2-3,6-11,19H2,1H3;1H. The van der Waals surface area contributed by atoms with Gasteiger partial charge in [0.05, 0.1) is 4.92 Å². The minimum Gasteiger partial charge on any atom is -0.366 e. The molecule has 1 amide bonds. The van der Waals surface area contributed by atoms with Gasteiger partial charge in [-0.3, -0.25) is 14.9 Å². The average Bonchev–Trinajstić information content (AvgIpc) is 3.15. The smallest absolute Gasteiger partial charge is 0.293 e. The third-order valence-electron chi connectivity index (χ3n) is 5.44. The number of hydrogen-bond acceptors (Lipinski definition) is 5. The molecule has 0 saturated carbocycles. The number of nitrogens with zero attached hydrogens (tertiary/aromatic N) is 3. The summed E-state index contributed by atoms with van der Waals surface area (Å²) in [6.45, 7) is 4.99. The van der Waals surface area contributed by atoms with E-state index < -0.39 is 0 Å². The van der Waals surface area contributed by atoms with Crippen molar-refractivity contribution in [2.45, 2.75) is 38.6 Å². The normalized spacial score (nSPS) is 19.2. The fourth-order valence-corrected chi connectivity index (χ4v) is 3.84. The Morgan fingerprint density at radius 3 is 2.38 bits per heavy atom. The van der Waals surface area contributed by atoms with E-state index >= 15 is 0 Å². The van der Waals surface area contributed by atoms with Gasteiger partial charge >= 0.3 is 0 Å². The summed E-state index contributed by atoms with van der Waals surface area (Å²) in [6, 6.07) is 5.03. The summed E-state index contributed by atoms with van der Waals surface area (Å²) in [5.41, 5.74) is 6.99. The minimum atomic E-state index is -0.382. The van der Waals surface area contributed by atoms with E-state index in [0.29, 0.717) is 30.3 Å². The molecule has 1 aromatic carbocycles. The number of benzene rings is 1. The van der Waals surface area contributed by atoms with Crippen LogP contribution in [0.3, 0.4) is 0 Å². The third-order valence-corrected chi connectivity index (χ3v) is 5.44. The molecule has 26 heavy (non-hydrogen) atoms. The van der Waals surface area contributed by atoms with Crippen LogP contribution in [0.4, 0.5) is 11.4 Å². The number of halogens is 1. The van der Waals surface area contributed by atoms with Crippen LogP contribution in [0.1, 0.15) is 43.0 Å². The van der Waals surface area contributed by atoms with Gasteiger partial charge in [0.1, 0.15) is 5.69 Å². The molecule has 7 nitrogen and oxygen atoms in total. The summed E-state index contributed by atoms with van der Waals surface area (Å²) in [7, 11) is 0. The summed E-state index contributed by atoms with van der Waals surface area (Å²) in [6.07, 6.45) is 3.87. The van der Waals surface area contributed by atoms with Crippen LogP contribution in [0.15, 0.2) is 18.2 Å². The molecule has 1 atom stereocenters. The van der Waals surface area contributed by atoms with Gasteiger partial charge in [-0.2, -0.15) is 0 Å². The second-order valence-electron chi connectivity index (χ2n) is 7.14. The van der Waals surface area contributed by atoms with Crippen molar-refractivity contribution in [1.82, 2.24) is 4.90 Å². The Bertz CT molecular complexity index is 654. The van der Waals surface area contributed by atoms with Crippen LogP contribution < -0.4 is 10.6 Å². The first-order chi connectivity index (χ1) is 12.0. The number of piperidine rings is 1. The molecule has 2 saturated heterocycles. The molecule has 0 aliphatic carbocycles. The predicted octanol–water partition coefficient (Wildman–Crippen LogP) is 2.82. The fraction of sp³-hybridized carbons (Fsp3) is 0.611. The van der Waals surface area contributed by atoms with Crippen LogP contribution in [0, 0.1) is 16.0 Å². The molecule has 2 fully saturated rings. The fourth-order valence-electron chi connectivity index (χ4n) is 3.84. The lowest BCUT2D eigenvalue weighted by molar-refractivity contribution is -0.384. The number of rotatable bonds is 4. The van der Waals surface area contributed by atoms with Crippen LogP contribution in [-0.2, 0) is 0 Å². The molecule has 2 aliphatic heterocycles. The number of amides is 1. The van der Waals surface area contributed by atoms with E-state index in [-0.39, 0.29) is 35.0 Å². The molecular formula is C18H27ClN4O3. The largest absolute Gasteiger partial charge is 0.366 e. The number of hydrogen-bond donors (Lipinski definition) is 1. The number of anilines is 1. The molecule has 144 valence electrons.